The number of nitrogens with one attached hydrogen (secondary N) is 1. The van der Waals surface area contributed by atoms with Crippen molar-refractivity contribution in [2.75, 3.05) is 25.6 Å². The summed E-state index contributed by atoms with van der Waals surface area (Å²) >= 11 is 1.11. The van der Waals surface area contributed by atoms with Crippen LogP contribution in [0.25, 0.3) is 0 Å². The smallest absolute Gasteiger partial charge is 0.358 e. The standard InChI is InChI=1S/C18H23N3O5S/c1-11-8-14(12(2)21(11)6-5-7-25-4)16(23)9-26-17(24)15-10-27-18(20-15)19-13(3)22/h8,10H,5-7,9H2,1-4H3,(H,19,20,22). The summed E-state index contributed by atoms with van der Waals surface area (Å²) in [6, 6.07) is 1.80. The lowest BCUT2D eigenvalue weighted by Crippen LogP contribution is -2.15. The molecule has 0 fully saturated rings. The van der Waals surface area contributed by atoms with E-state index in [9.17, 15) is 14.4 Å². The molecule has 2 heterocycles. The second-order valence-corrected chi connectivity index (χ2v) is 6.86. The van der Waals surface area contributed by atoms with Crippen molar-refractivity contribution in [3.05, 3.63) is 34.1 Å². The summed E-state index contributed by atoms with van der Waals surface area (Å²) < 4.78 is 12.2. The van der Waals surface area contributed by atoms with Gasteiger partial charge < -0.3 is 19.4 Å². The third kappa shape index (κ3) is 5.48. The summed E-state index contributed by atoms with van der Waals surface area (Å²) in [6.45, 7) is 6.18. The molecule has 27 heavy (non-hydrogen) atoms. The molecule has 2 rings (SSSR count). The van der Waals surface area contributed by atoms with E-state index >= 15 is 0 Å². The number of amides is 1. The molecule has 0 saturated heterocycles. The highest BCUT2D eigenvalue weighted by molar-refractivity contribution is 7.14. The van der Waals surface area contributed by atoms with Crippen LogP contribution >= 0.6 is 11.3 Å². The van der Waals surface area contributed by atoms with Crippen LogP contribution in [0.2, 0.25) is 0 Å². The predicted octanol–water partition coefficient (Wildman–Crippen LogP) is 2.60. The maximum Gasteiger partial charge on any atom is 0.358 e. The van der Waals surface area contributed by atoms with Gasteiger partial charge >= 0.3 is 5.97 Å². The van der Waals surface area contributed by atoms with E-state index in [0.29, 0.717) is 17.3 Å². The fraction of sp³-hybridized carbons (Fsp3) is 0.444. The van der Waals surface area contributed by atoms with Gasteiger partial charge in [0.05, 0.1) is 0 Å². The fourth-order valence-corrected chi connectivity index (χ4v) is 3.38. The second-order valence-electron chi connectivity index (χ2n) is 6.00. The molecule has 0 spiro atoms. The molecule has 0 radical (unpaired) electrons. The average molecular weight is 393 g/mol. The first-order valence-corrected chi connectivity index (χ1v) is 9.30. The van der Waals surface area contributed by atoms with Crippen molar-refractivity contribution in [3.8, 4) is 0 Å². The maximum absolute atomic E-state index is 12.5. The van der Waals surface area contributed by atoms with E-state index in [1.54, 1.807) is 13.2 Å². The van der Waals surface area contributed by atoms with Gasteiger partial charge in [-0.25, -0.2) is 9.78 Å². The first-order chi connectivity index (χ1) is 12.8. The summed E-state index contributed by atoms with van der Waals surface area (Å²) in [5, 5.41) is 4.27. The molecule has 146 valence electrons. The molecule has 0 aliphatic heterocycles. The van der Waals surface area contributed by atoms with Gasteiger partial charge in [-0.05, 0) is 26.3 Å². The van der Waals surface area contributed by atoms with Crippen LogP contribution in [0.5, 0.6) is 0 Å². The van der Waals surface area contributed by atoms with E-state index in [-0.39, 0.29) is 24.0 Å². The molecular formula is C18H23N3O5S. The number of esters is 1. The van der Waals surface area contributed by atoms with Gasteiger partial charge in [0.2, 0.25) is 11.7 Å². The van der Waals surface area contributed by atoms with Gasteiger partial charge in [-0.2, -0.15) is 0 Å². The lowest BCUT2D eigenvalue weighted by atomic mass is 10.1. The molecule has 0 atom stereocenters. The number of Topliss-reactive ketones (excluding diaryl/α,β-unsaturated/α-hetero) is 1. The van der Waals surface area contributed by atoms with Gasteiger partial charge in [0.25, 0.3) is 0 Å². The first-order valence-electron chi connectivity index (χ1n) is 8.42. The van der Waals surface area contributed by atoms with Gasteiger partial charge in [-0.1, -0.05) is 0 Å². The number of nitrogens with zero attached hydrogens (tertiary/aromatic N) is 2. The molecular weight excluding hydrogens is 370 g/mol. The second kappa shape index (κ2) is 9.43. The zero-order valence-corrected chi connectivity index (χ0v) is 16.6. The Balaban J connectivity index is 1.97. The highest BCUT2D eigenvalue weighted by Crippen LogP contribution is 2.18. The van der Waals surface area contributed by atoms with Crippen LogP contribution < -0.4 is 5.32 Å². The topological polar surface area (TPSA) is 99.5 Å². The normalized spacial score (nSPS) is 10.7. The molecule has 2 aromatic rings. The van der Waals surface area contributed by atoms with Crippen molar-refractivity contribution < 1.29 is 23.9 Å². The van der Waals surface area contributed by atoms with Crippen LogP contribution in [0.4, 0.5) is 5.13 Å². The van der Waals surface area contributed by atoms with Gasteiger partial charge in [0.1, 0.15) is 0 Å². The Morgan fingerprint density at radius 3 is 2.70 bits per heavy atom. The number of aromatic nitrogens is 2. The van der Waals surface area contributed by atoms with E-state index in [2.05, 4.69) is 10.3 Å². The van der Waals surface area contributed by atoms with Gasteiger partial charge in [-0.3, -0.25) is 9.59 Å². The Hall–Kier alpha value is -2.52. The van der Waals surface area contributed by atoms with Crippen molar-refractivity contribution in [2.24, 2.45) is 0 Å². The van der Waals surface area contributed by atoms with Crippen molar-refractivity contribution in [1.82, 2.24) is 9.55 Å². The molecule has 8 nitrogen and oxygen atoms in total. The van der Waals surface area contributed by atoms with Crippen LogP contribution in [0.1, 0.15) is 45.6 Å². The Morgan fingerprint density at radius 2 is 2.04 bits per heavy atom. The maximum atomic E-state index is 12.5. The Labute approximate surface area is 161 Å². The number of hydrogen-bond acceptors (Lipinski definition) is 7. The summed E-state index contributed by atoms with van der Waals surface area (Å²) in [6.07, 6.45) is 0.843. The van der Waals surface area contributed by atoms with Gasteiger partial charge in [0.15, 0.2) is 17.4 Å². The molecule has 0 aliphatic carbocycles. The Kier molecular flexibility index (Phi) is 7.26. The van der Waals surface area contributed by atoms with Crippen LogP contribution in [0, 0.1) is 13.8 Å². The van der Waals surface area contributed by atoms with Gasteiger partial charge in [-0.15, -0.1) is 11.3 Å². The molecule has 2 aromatic heterocycles. The molecule has 0 bridgehead atoms. The molecule has 0 aromatic carbocycles. The van der Waals surface area contributed by atoms with Crippen LogP contribution in [0.15, 0.2) is 11.4 Å². The number of ether oxygens (including phenoxy) is 2. The molecule has 0 unspecified atom stereocenters. The van der Waals surface area contributed by atoms with E-state index in [4.69, 9.17) is 9.47 Å². The minimum atomic E-state index is -0.704. The zero-order chi connectivity index (χ0) is 20.0. The van der Waals surface area contributed by atoms with Crippen LogP contribution in [-0.4, -0.2) is 47.5 Å². The van der Waals surface area contributed by atoms with Crippen molar-refractivity contribution >= 4 is 34.1 Å². The SMILES string of the molecule is COCCCn1c(C)cc(C(=O)COC(=O)c2csc(NC(C)=O)n2)c1C. The predicted molar refractivity (Wildman–Crippen MR) is 101 cm³/mol. The van der Waals surface area contributed by atoms with E-state index in [0.717, 1.165) is 35.7 Å². The first kappa shape index (κ1) is 20.8. The molecule has 0 aliphatic rings. The minimum absolute atomic E-state index is 0.0570. The Bertz CT molecular complexity index is 840. The lowest BCUT2D eigenvalue weighted by molar-refractivity contribution is -0.114. The van der Waals surface area contributed by atoms with E-state index < -0.39 is 5.97 Å². The molecule has 1 N–H and O–H groups in total. The number of hydrogen-bond donors (Lipinski definition) is 1. The third-order valence-corrected chi connectivity index (χ3v) is 4.69. The number of rotatable bonds is 9. The molecule has 1 amide bonds. The monoisotopic (exact) mass is 393 g/mol. The zero-order valence-electron chi connectivity index (χ0n) is 15.8. The Morgan fingerprint density at radius 1 is 1.30 bits per heavy atom. The average Bonchev–Trinajstić information content (AvgIpc) is 3.18. The number of aryl methyl sites for hydroxylation is 1. The molecule has 0 saturated carbocycles. The molecule has 9 heteroatoms. The number of ketones is 1. The number of carbonyl (C=O) groups excluding carboxylic acids is 3. The minimum Gasteiger partial charge on any atom is -0.453 e. The third-order valence-electron chi connectivity index (χ3n) is 3.93. The largest absolute Gasteiger partial charge is 0.453 e. The van der Waals surface area contributed by atoms with E-state index in [1.165, 1.54) is 12.3 Å². The number of anilines is 1. The van der Waals surface area contributed by atoms with Crippen molar-refractivity contribution in [1.29, 1.82) is 0 Å². The summed E-state index contributed by atoms with van der Waals surface area (Å²) in [5.74, 6) is -1.25. The number of thiazole rings is 1. The highest BCUT2D eigenvalue weighted by atomic mass is 32.1. The summed E-state index contributed by atoms with van der Waals surface area (Å²) in [4.78, 5) is 39.5. The van der Waals surface area contributed by atoms with E-state index in [1.807, 2.05) is 18.4 Å². The lowest BCUT2D eigenvalue weighted by Gasteiger charge is -2.09. The van der Waals surface area contributed by atoms with Crippen molar-refractivity contribution in [3.63, 3.8) is 0 Å². The number of carbonyl (C=O) groups is 3. The quantitative estimate of drug-likeness (QED) is 0.399. The summed E-state index contributed by atoms with van der Waals surface area (Å²) in [5.41, 5.74) is 2.40. The van der Waals surface area contributed by atoms with Crippen LogP contribution in [0.3, 0.4) is 0 Å². The fourth-order valence-electron chi connectivity index (χ4n) is 2.65. The van der Waals surface area contributed by atoms with Crippen molar-refractivity contribution in [2.45, 2.75) is 33.7 Å². The highest BCUT2D eigenvalue weighted by Gasteiger charge is 2.19. The van der Waals surface area contributed by atoms with Crippen LogP contribution in [-0.2, 0) is 20.8 Å². The number of methoxy groups -OCH3 is 1. The summed E-state index contributed by atoms with van der Waals surface area (Å²) in [7, 11) is 1.65. The van der Waals surface area contributed by atoms with Gasteiger partial charge in [0, 0.05) is 49.5 Å².